The maximum atomic E-state index is 13.1. The Hall–Kier alpha value is -3.92. The Bertz CT molecular complexity index is 1140. The van der Waals surface area contributed by atoms with Gasteiger partial charge in [-0.15, -0.1) is 0 Å². The van der Waals surface area contributed by atoms with Gasteiger partial charge in [0, 0.05) is 22.9 Å². The summed E-state index contributed by atoms with van der Waals surface area (Å²) in [5.41, 5.74) is 7.72. The van der Waals surface area contributed by atoms with E-state index in [1.165, 1.54) is 12.2 Å². The van der Waals surface area contributed by atoms with Crippen LogP contribution in [0.1, 0.15) is 40.6 Å². The molecule has 3 nitrogen and oxygen atoms in total. The van der Waals surface area contributed by atoms with Crippen LogP contribution in [0.4, 0.5) is 4.39 Å². The summed E-state index contributed by atoms with van der Waals surface area (Å²) in [5.74, 6) is -1.56. The lowest BCUT2D eigenvalue weighted by molar-refractivity contribution is -0.131. The van der Waals surface area contributed by atoms with E-state index in [0.717, 1.165) is 50.9 Å². The summed E-state index contributed by atoms with van der Waals surface area (Å²) in [6.45, 7) is 19.0. The summed E-state index contributed by atoms with van der Waals surface area (Å²) in [7, 11) is 0. The van der Waals surface area contributed by atoms with Crippen LogP contribution in [-0.4, -0.2) is 16.1 Å². The van der Waals surface area contributed by atoms with Crippen LogP contribution in [0.25, 0.3) is 23.8 Å². The molecule has 2 rings (SSSR count). The smallest absolute Gasteiger partial charge is 0.328 e. The molecule has 0 aliphatic heterocycles. The number of benzene rings is 1. The highest BCUT2D eigenvalue weighted by Gasteiger charge is 2.18. The number of hydrogen-bond acceptors (Lipinski definition) is 1. The first kappa shape index (κ1) is 23.4. The van der Waals surface area contributed by atoms with Gasteiger partial charge in [-0.25, -0.2) is 9.18 Å². The highest BCUT2D eigenvalue weighted by Crippen LogP contribution is 2.35. The van der Waals surface area contributed by atoms with Crippen molar-refractivity contribution < 1.29 is 14.3 Å². The van der Waals surface area contributed by atoms with Crippen molar-refractivity contribution in [2.75, 3.05) is 0 Å². The highest BCUT2D eigenvalue weighted by atomic mass is 19.1. The van der Waals surface area contributed by atoms with E-state index in [1.807, 2.05) is 38.1 Å². The lowest BCUT2D eigenvalue weighted by Gasteiger charge is -2.14. The minimum atomic E-state index is -1.01. The molecule has 0 bridgehead atoms. The number of aromatic amines is 1. The van der Waals surface area contributed by atoms with Crippen molar-refractivity contribution in [3.63, 3.8) is 0 Å². The number of aliphatic carboxylic acids is 1. The van der Waals surface area contributed by atoms with Crippen LogP contribution in [0, 0.1) is 6.92 Å². The van der Waals surface area contributed by atoms with Crippen LogP contribution in [0.3, 0.4) is 0 Å². The molecule has 0 aliphatic rings. The minimum absolute atomic E-state index is 0.552. The zero-order valence-corrected chi connectivity index (χ0v) is 17.8. The van der Waals surface area contributed by atoms with Gasteiger partial charge in [-0.2, -0.15) is 0 Å². The standard InChI is InChI=1S/C27H26FNO2/c1-7-23-20(6)27(29-24(23)8-2)26(19(5)17(3)9-10-18(4)28)22-14-11-21(12-15-22)13-16-25(30)31/h7-16,29H,1-4H2,5-6H3,(H,30,31)/b10-9-,16-13+,26-19+. The second kappa shape index (κ2) is 10.2. The fourth-order valence-electron chi connectivity index (χ4n) is 3.26. The molecule has 1 aromatic heterocycles. The third kappa shape index (κ3) is 5.58. The zero-order chi connectivity index (χ0) is 23.1. The van der Waals surface area contributed by atoms with Gasteiger partial charge >= 0.3 is 5.97 Å². The molecule has 1 aromatic carbocycles. The Morgan fingerprint density at radius 3 is 2.19 bits per heavy atom. The van der Waals surface area contributed by atoms with E-state index in [2.05, 4.69) is 31.3 Å². The van der Waals surface area contributed by atoms with E-state index in [-0.39, 0.29) is 0 Å². The number of aromatic nitrogens is 1. The SMILES string of the molecule is C=Cc1[nH]c(/C(=C(\C)C(=C)/C=C\C(=C)F)c2ccc(/C=C/C(=O)O)cc2)c(C)c1C=C. The van der Waals surface area contributed by atoms with Crippen LogP contribution in [0.2, 0.25) is 0 Å². The van der Waals surface area contributed by atoms with Gasteiger partial charge in [0.15, 0.2) is 0 Å². The van der Waals surface area contributed by atoms with Gasteiger partial charge in [-0.3, -0.25) is 0 Å². The number of carboxylic acids is 1. The number of hydrogen-bond donors (Lipinski definition) is 2. The molecule has 2 aromatic rings. The van der Waals surface area contributed by atoms with Crippen molar-refractivity contribution in [1.82, 2.24) is 4.98 Å². The number of rotatable bonds is 9. The monoisotopic (exact) mass is 415 g/mol. The molecular weight excluding hydrogens is 389 g/mol. The lowest BCUT2D eigenvalue weighted by atomic mass is 9.91. The summed E-state index contributed by atoms with van der Waals surface area (Å²) in [4.78, 5) is 14.2. The molecule has 0 unspecified atom stereocenters. The van der Waals surface area contributed by atoms with E-state index in [0.29, 0.717) is 5.57 Å². The van der Waals surface area contributed by atoms with Gasteiger partial charge < -0.3 is 10.1 Å². The topological polar surface area (TPSA) is 53.1 Å². The van der Waals surface area contributed by atoms with Crippen molar-refractivity contribution in [2.45, 2.75) is 13.8 Å². The molecule has 1 heterocycles. The van der Waals surface area contributed by atoms with Crippen molar-refractivity contribution in [3.8, 4) is 0 Å². The molecule has 2 N–H and O–H groups in total. The van der Waals surface area contributed by atoms with Crippen molar-refractivity contribution in [1.29, 1.82) is 0 Å². The van der Waals surface area contributed by atoms with E-state index >= 15 is 0 Å². The van der Waals surface area contributed by atoms with Crippen LogP contribution < -0.4 is 0 Å². The van der Waals surface area contributed by atoms with Crippen LogP contribution in [0.5, 0.6) is 0 Å². The highest BCUT2D eigenvalue weighted by molar-refractivity contribution is 5.88. The zero-order valence-electron chi connectivity index (χ0n) is 17.8. The molecule has 31 heavy (non-hydrogen) atoms. The molecule has 0 spiro atoms. The Morgan fingerprint density at radius 2 is 1.71 bits per heavy atom. The van der Waals surface area contributed by atoms with Crippen molar-refractivity contribution in [3.05, 3.63) is 119 Å². The Morgan fingerprint density at radius 1 is 1.06 bits per heavy atom. The molecule has 0 radical (unpaired) electrons. The molecule has 0 atom stereocenters. The predicted octanol–water partition coefficient (Wildman–Crippen LogP) is 7.12. The number of H-pyrrole nitrogens is 1. The molecule has 0 fully saturated rings. The first-order chi connectivity index (χ1) is 14.7. The summed E-state index contributed by atoms with van der Waals surface area (Å²) in [6.07, 6.45) is 9.00. The van der Waals surface area contributed by atoms with Gasteiger partial charge in [0.05, 0.1) is 5.69 Å². The minimum Gasteiger partial charge on any atom is -0.478 e. The van der Waals surface area contributed by atoms with E-state index < -0.39 is 11.8 Å². The molecule has 4 heteroatoms. The molecule has 0 saturated heterocycles. The molecule has 158 valence electrons. The molecule has 0 aliphatic carbocycles. The number of nitrogens with one attached hydrogen (secondary N) is 1. The molecule has 0 saturated carbocycles. The average Bonchev–Trinajstić information content (AvgIpc) is 3.06. The third-order valence-corrected chi connectivity index (χ3v) is 4.93. The first-order valence-electron chi connectivity index (χ1n) is 9.61. The van der Waals surface area contributed by atoms with Gasteiger partial charge in [0.1, 0.15) is 5.83 Å². The normalized spacial score (nSPS) is 12.1. The predicted molar refractivity (Wildman–Crippen MR) is 129 cm³/mol. The Labute approximate surface area is 182 Å². The maximum Gasteiger partial charge on any atom is 0.328 e. The second-order valence-corrected chi connectivity index (χ2v) is 6.96. The van der Waals surface area contributed by atoms with Gasteiger partial charge in [0.25, 0.3) is 0 Å². The molecular formula is C27H26FNO2. The summed E-state index contributed by atoms with van der Waals surface area (Å²) < 4.78 is 13.1. The van der Waals surface area contributed by atoms with Gasteiger partial charge in [0.2, 0.25) is 0 Å². The fraction of sp³-hybridized carbons (Fsp3) is 0.0741. The largest absolute Gasteiger partial charge is 0.478 e. The Kier molecular flexibility index (Phi) is 7.70. The number of carboxylic acid groups (broad SMARTS) is 1. The van der Waals surface area contributed by atoms with E-state index in [4.69, 9.17) is 5.11 Å². The summed E-state index contributed by atoms with van der Waals surface area (Å²) in [6, 6.07) is 7.50. The number of halogens is 1. The van der Waals surface area contributed by atoms with Crippen molar-refractivity contribution >= 4 is 29.8 Å². The quantitative estimate of drug-likeness (QED) is 0.338. The van der Waals surface area contributed by atoms with Crippen LogP contribution in [-0.2, 0) is 4.79 Å². The van der Waals surface area contributed by atoms with E-state index in [1.54, 1.807) is 18.2 Å². The second-order valence-electron chi connectivity index (χ2n) is 6.96. The van der Waals surface area contributed by atoms with Gasteiger partial charge in [-0.1, -0.05) is 62.7 Å². The Balaban J connectivity index is 2.71. The summed E-state index contributed by atoms with van der Waals surface area (Å²) in [5, 5.41) is 8.83. The maximum absolute atomic E-state index is 13.1. The summed E-state index contributed by atoms with van der Waals surface area (Å²) >= 11 is 0. The van der Waals surface area contributed by atoms with E-state index in [9.17, 15) is 9.18 Å². The van der Waals surface area contributed by atoms with Crippen molar-refractivity contribution in [2.24, 2.45) is 0 Å². The third-order valence-electron chi connectivity index (χ3n) is 4.93. The first-order valence-corrected chi connectivity index (χ1v) is 9.61. The number of allylic oxidation sites excluding steroid dienone is 5. The number of carbonyl (C=O) groups is 1. The van der Waals surface area contributed by atoms with Gasteiger partial charge in [-0.05, 0) is 59.9 Å². The van der Waals surface area contributed by atoms with Crippen LogP contribution in [0.15, 0.2) is 85.8 Å². The average molecular weight is 416 g/mol. The lowest BCUT2D eigenvalue weighted by Crippen LogP contribution is -1.97. The van der Waals surface area contributed by atoms with Crippen LogP contribution >= 0.6 is 0 Å². The fourth-order valence-corrected chi connectivity index (χ4v) is 3.26. The molecule has 0 amide bonds.